The number of nitrogens with two attached hydrogens (primary N) is 1. The van der Waals surface area contributed by atoms with E-state index in [1.807, 2.05) is 0 Å². The fourth-order valence-electron chi connectivity index (χ4n) is 3.79. The van der Waals surface area contributed by atoms with Crippen molar-refractivity contribution in [3.63, 3.8) is 0 Å². The first-order valence-electron chi connectivity index (χ1n) is 7.19. The number of likely N-dealkylation sites (tertiary alicyclic amines) is 1. The van der Waals surface area contributed by atoms with Crippen LogP contribution in [0, 0.1) is 5.92 Å². The van der Waals surface area contributed by atoms with Gasteiger partial charge in [0.05, 0.1) is 0 Å². The molecule has 2 unspecified atom stereocenters. The van der Waals surface area contributed by atoms with Gasteiger partial charge in [0.1, 0.15) is 0 Å². The van der Waals surface area contributed by atoms with Gasteiger partial charge in [0.25, 0.3) is 0 Å². The molecule has 3 nitrogen and oxygen atoms in total. The zero-order chi connectivity index (χ0) is 12.5. The van der Waals surface area contributed by atoms with Crippen LogP contribution in [-0.4, -0.2) is 55.1 Å². The van der Waals surface area contributed by atoms with Crippen molar-refractivity contribution < 1.29 is 0 Å². The molecule has 1 saturated carbocycles. The minimum absolute atomic E-state index is 0.306. The molecule has 0 bridgehead atoms. The van der Waals surface area contributed by atoms with Crippen molar-refractivity contribution >= 4 is 0 Å². The summed E-state index contributed by atoms with van der Waals surface area (Å²) in [6.07, 6.45) is 6.57. The molecular formula is C14H29N3. The molecule has 1 aliphatic carbocycles. The van der Waals surface area contributed by atoms with Crippen LogP contribution < -0.4 is 5.73 Å². The smallest absolute Gasteiger partial charge is 0.0334 e. The van der Waals surface area contributed by atoms with E-state index in [1.165, 1.54) is 45.2 Å². The molecule has 1 heterocycles. The van der Waals surface area contributed by atoms with Crippen LogP contribution in [0.4, 0.5) is 0 Å². The molecule has 0 aromatic carbocycles. The molecule has 100 valence electrons. The Bertz CT molecular complexity index is 248. The second kappa shape index (κ2) is 5.25. The average Bonchev–Trinajstić information content (AvgIpc) is 2.72. The molecule has 1 saturated heterocycles. The molecule has 2 aliphatic rings. The lowest BCUT2D eigenvalue weighted by Crippen LogP contribution is -2.56. The van der Waals surface area contributed by atoms with Crippen molar-refractivity contribution in [1.29, 1.82) is 0 Å². The number of nitrogens with zero attached hydrogens (tertiary/aromatic N) is 2. The summed E-state index contributed by atoms with van der Waals surface area (Å²) in [5, 5.41) is 0. The highest BCUT2D eigenvalue weighted by Gasteiger charge is 2.42. The zero-order valence-electron chi connectivity index (χ0n) is 11.8. The second-order valence-electron chi connectivity index (χ2n) is 6.42. The predicted molar refractivity (Wildman–Crippen MR) is 73.1 cm³/mol. The first-order valence-corrected chi connectivity index (χ1v) is 7.19. The third-order valence-corrected chi connectivity index (χ3v) is 5.19. The van der Waals surface area contributed by atoms with Gasteiger partial charge in [0.15, 0.2) is 0 Å². The Morgan fingerprint density at radius 1 is 1.29 bits per heavy atom. The zero-order valence-corrected chi connectivity index (χ0v) is 11.8. The van der Waals surface area contributed by atoms with E-state index in [9.17, 15) is 0 Å². The highest BCUT2D eigenvalue weighted by molar-refractivity contribution is 4.99. The van der Waals surface area contributed by atoms with Crippen LogP contribution in [0.1, 0.15) is 39.0 Å². The monoisotopic (exact) mass is 239 g/mol. The highest BCUT2D eigenvalue weighted by atomic mass is 15.2. The normalized spacial score (nSPS) is 36.9. The van der Waals surface area contributed by atoms with Gasteiger partial charge in [-0.05, 0) is 65.2 Å². The summed E-state index contributed by atoms with van der Waals surface area (Å²) in [5.41, 5.74) is 6.42. The van der Waals surface area contributed by atoms with Gasteiger partial charge in [0.2, 0.25) is 0 Å². The summed E-state index contributed by atoms with van der Waals surface area (Å²) in [4.78, 5) is 5.08. The lowest BCUT2D eigenvalue weighted by Gasteiger charge is -2.45. The number of likely N-dealkylation sites (N-methyl/N-ethyl adjacent to an activating group) is 1. The third kappa shape index (κ3) is 2.67. The summed E-state index contributed by atoms with van der Waals surface area (Å²) >= 11 is 0. The first-order chi connectivity index (χ1) is 8.07. The molecule has 2 N–H and O–H groups in total. The van der Waals surface area contributed by atoms with E-state index in [0.717, 1.165) is 18.5 Å². The van der Waals surface area contributed by atoms with Crippen LogP contribution in [0.15, 0.2) is 0 Å². The summed E-state index contributed by atoms with van der Waals surface area (Å²) in [7, 11) is 4.55. The highest BCUT2D eigenvalue weighted by Crippen LogP contribution is 2.39. The maximum Gasteiger partial charge on any atom is 0.0334 e. The van der Waals surface area contributed by atoms with Gasteiger partial charge >= 0.3 is 0 Å². The van der Waals surface area contributed by atoms with Crippen molar-refractivity contribution in [2.75, 3.05) is 33.7 Å². The number of hydrogen-bond donors (Lipinski definition) is 1. The van der Waals surface area contributed by atoms with E-state index in [0.29, 0.717) is 5.54 Å². The molecule has 1 aliphatic heterocycles. The minimum Gasteiger partial charge on any atom is -0.329 e. The Kier molecular flexibility index (Phi) is 4.11. The molecule has 0 aromatic rings. The van der Waals surface area contributed by atoms with Crippen LogP contribution in [0.25, 0.3) is 0 Å². The van der Waals surface area contributed by atoms with Crippen LogP contribution in [0.3, 0.4) is 0 Å². The van der Waals surface area contributed by atoms with Crippen LogP contribution in [-0.2, 0) is 0 Å². The standard InChI is InChI=1S/C14H29N3/c1-12-4-7-14(10-12,11-15)17(3)13-5-8-16(2)9-6-13/h12-13H,4-11,15H2,1-3H3. The third-order valence-electron chi connectivity index (χ3n) is 5.19. The summed E-state index contributed by atoms with van der Waals surface area (Å²) in [5.74, 6) is 0.854. The lowest BCUT2D eigenvalue weighted by atomic mass is 9.90. The molecule has 2 fully saturated rings. The fourth-order valence-corrected chi connectivity index (χ4v) is 3.79. The van der Waals surface area contributed by atoms with Crippen LogP contribution in [0.2, 0.25) is 0 Å². The Hall–Kier alpha value is -0.120. The molecule has 17 heavy (non-hydrogen) atoms. The van der Waals surface area contributed by atoms with E-state index in [4.69, 9.17) is 5.73 Å². The molecule has 0 aromatic heterocycles. The molecular weight excluding hydrogens is 210 g/mol. The lowest BCUT2D eigenvalue weighted by molar-refractivity contribution is 0.0450. The topological polar surface area (TPSA) is 32.5 Å². The van der Waals surface area contributed by atoms with Crippen molar-refractivity contribution in [3.8, 4) is 0 Å². The van der Waals surface area contributed by atoms with Gasteiger partial charge in [-0.15, -0.1) is 0 Å². The van der Waals surface area contributed by atoms with Gasteiger partial charge in [-0.25, -0.2) is 0 Å². The Balaban J connectivity index is 2.00. The minimum atomic E-state index is 0.306. The second-order valence-corrected chi connectivity index (χ2v) is 6.42. The Morgan fingerprint density at radius 3 is 2.41 bits per heavy atom. The predicted octanol–water partition coefficient (Wildman–Crippen LogP) is 1.53. The maximum absolute atomic E-state index is 6.11. The Morgan fingerprint density at radius 2 is 1.94 bits per heavy atom. The van der Waals surface area contributed by atoms with Gasteiger partial charge in [-0.3, -0.25) is 4.90 Å². The largest absolute Gasteiger partial charge is 0.329 e. The van der Waals surface area contributed by atoms with Gasteiger partial charge < -0.3 is 10.6 Å². The van der Waals surface area contributed by atoms with E-state index in [1.54, 1.807) is 0 Å². The van der Waals surface area contributed by atoms with Crippen molar-refractivity contribution in [2.24, 2.45) is 11.7 Å². The average molecular weight is 239 g/mol. The van der Waals surface area contributed by atoms with Gasteiger partial charge in [-0.2, -0.15) is 0 Å². The molecule has 0 amide bonds. The summed E-state index contributed by atoms with van der Waals surface area (Å²) in [6, 6.07) is 0.750. The van der Waals surface area contributed by atoms with Crippen LogP contribution in [0.5, 0.6) is 0 Å². The molecule has 0 radical (unpaired) electrons. The summed E-state index contributed by atoms with van der Waals surface area (Å²) < 4.78 is 0. The Labute approximate surface area is 106 Å². The van der Waals surface area contributed by atoms with E-state index < -0.39 is 0 Å². The molecule has 2 rings (SSSR count). The quantitative estimate of drug-likeness (QED) is 0.811. The van der Waals surface area contributed by atoms with Gasteiger partial charge in [0, 0.05) is 18.1 Å². The van der Waals surface area contributed by atoms with Crippen molar-refractivity contribution in [3.05, 3.63) is 0 Å². The van der Waals surface area contributed by atoms with Gasteiger partial charge in [-0.1, -0.05) is 6.92 Å². The number of rotatable bonds is 3. The molecule has 0 spiro atoms. The summed E-state index contributed by atoms with van der Waals surface area (Å²) in [6.45, 7) is 5.69. The number of piperidine rings is 1. The van der Waals surface area contributed by atoms with E-state index >= 15 is 0 Å². The van der Waals surface area contributed by atoms with E-state index in [-0.39, 0.29) is 0 Å². The number of hydrogen-bond acceptors (Lipinski definition) is 3. The maximum atomic E-state index is 6.11. The van der Waals surface area contributed by atoms with Crippen molar-refractivity contribution in [2.45, 2.75) is 50.6 Å². The molecule has 2 atom stereocenters. The fraction of sp³-hybridized carbons (Fsp3) is 1.00. The first kappa shape index (κ1) is 13.3. The van der Waals surface area contributed by atoms with Crippen LogP contribution >= 0.6 is 0 Å². The van der Waals surface area contributed by atoms with E-state index in [2.05, 4.69) is 30.8 Å². The van der Waals surface area contributed by atoms with Crippen molar-refractivity contribution in [1.82, 2.24) is 9.80 Å². The molecule has 3 heteroatoms. The SMILES string of the molecule is CC1CCC(CN)(N(C)C2CCN(C)CC2)C1.